The first-order valence-electron chi connectivity index (χ1n) is 6.33. The smallest absolute Gasteiger partial charge is 0.0944 e. The summed E-state index contributed by atoms with van der Waals surface area (Å²) in [6.07, 6.45) is 9.21. The topological polar surface area (TPSA) is 23.8 Å². The highest BCUT2D eigenvalue weighted by molar-refractivity contribution is 8.00. The van der Waals surface area contributed by atoms with Crippen LogP contribution in [0.1, 0.15) is 58.8 Å². The van der Waals surface area contributed by atoms with Crippen LogP contribution in [0.2, 0.25) is 0 Å². The van der Waals surface area contributed by atoms with Crippen molar-refractivity contribution in [3.8, 4) is 6.07 Å². The van der Waals surface area contributed by atoms with Crippen molar-refractivity contribution in [1.82, 2.24) is 0 Å². The molecule has 0 aromatic rings. The molecule has 2 unspecified atom stereocenters. The van der Waals surface area contributed by atoms with E-state index in [4.69, 9.17) is 0 Å². The van der Waals surface area contributed by atoms with E-state index in [-0.39, 0.29) is 5.25 Å². The predicted octanol–water partition coefficient (Wildman–Crippen LogP) is 4.38. The average Bonchev–Trinajstić information content (AvgIpc) is 2.27. The van der Waals surface area contributed by atoms with Crippen molar-refractivity contribution >= 4 is 11.8 Å². The third-order valence-corrected chi connectivity index (χ3v) is 5.00. The highest BCUT2D eigenvalue weighted by Crippen LogP contribution is 2.34. The molecule has 86 valence electrons. The maximum absolute atomic E-state index is 9.18. The molecule has 2 heteroatoms. The zero-order chi connectivity index (χ0) is 11.1. The van der Waals surface area contributed by atoms with E-state index in [0.29, 0.717) is 5.92 Å². The third-order valence-electron chi connectivity index (χ3n) is 3.28. The first-order valence-corrected chi connectivity index (χ1v) is 7.27. The Balaban J connectivity index is 2.35. The number of nitriles is 1. The molecule has 1 saturated carbocycles. The lowest BCUT2D eigenvalue weighted by molar-refractivity contribution is 0.507. The zero-order valence-electron chi connectivity index (χ0n) is 10.0. The summed E-state index contributed by atoms with van der Waals surface area (Å²) in [6.45, 7) is 4.43. The molecule has 15 heavy (non-hydrogen) atoms. The molecule has 1 aliphatic carbocycles. The van der Waals surface area contributed by atoms with Crippen LogP contribution in [0.3, 0.4) is 0 Å². The second-order valence-electron chi connectivity index (χ2n) is 4.71. The molecule has 0 N–H and O–H groups in total. The molecule has 0 aromatic heterocycles. The first kappa shape index (κ1) is 12.9. The van der Waals surface area contributed by atoms with Crippen LogP contribution in [0.15, 0.2) is 0 Å². The van der Waals surface area contributed by atoms with Crippen LogP contribution in [0.25, 0.3) is 0 Å². The molecule has 1 rings (SSSR count). The van der Waals surface area contributed by atoms with Crippen LogP contribution < -0.4 is 0 Å². The van der Waals surface area contributed by atoms with Crippen LogP contribution in [0.4, 0.5) is 0 Å². The maximum atomic E-state index is 9.18. The van der Waals surface area contributed by atoms with Crippen molar-refractivity contribution in [2.24, 2.45) is 5.92 Å². The lowest BCUT2D eigenvalue weighted by atomic mass is 10.0. The fourth-order valence-corrected chi connectivity index (χ4v) is 3.79. The van der Waals surface area contributed by atoms with Gasteiger partial charge in [-0.1, -0.05) is 39.5 Å². The molecule has 0 amide bonds. The van der Waals surface area contributed by atoms with Crippen molar-refractivity contribution in [3.63, 3.8) is 0 Å². The molecule has 2 atom stereocenters. The summed E-state index contributed by atoms with van der Waals surface area (Å²) >= 11 is 1.95. The van der Waals surface area contributed by atoms with Gasteiger partial charge in [0.25, 0.3) is 0 Å². The van der Waals surface area contributed by atoms with Gasteiger partial charge in [-0.2, -0.15) is 5.26 Å². The van der Waals surface area contributed by atoms with Crippen LogP contribution in [0.5, 0.6) is 0 Å². The van der Waals surface area contributed by atoms with E-state index in [0.717, 1.165) is 5.25 Å². The molecular weight excluding hydrogens is 202 g/mol. The van der Waals surface area contributed by atoms with Gasteiger partial charge in [0.15, 0.2) is 0 Å². The van der Waals surface area contributed by atoms with Gasteiger partial charge >= 0.3 is 0 Å². The minimum absolute atomic E-state index is 0.230. The second kappa shape index (κ2) is 7.17. The van der Waals surface area contributed by atoms with E-state index in [2.05, 4.69) is 19.9 Å². The molecule has 0 spiro atoms. The number of rotatable bonds is 5. The highest BCUT2D eigenvalue weighted by atomic mass is 32.2. The summed E-state index contributed by atoms with van der Waals surface area (Å²) in [5.74, 6) is 0.562. The van der Waals surface area contributed by atoms with E-state index in [9.17, 15) is 5.26 Å². The van der Waals surface area contributed by atoms with Gasteiger partial charge in [0.1, 0.15) is 0 Å². The van der Waals surface area contributed by atoms with Gasteiger partial charge < -0.3 is 0 Å². The lowest BCUT2D eigenvalue weighted by Crippen LogP contribution is -2.18. The Morgan fingerprint density at radius 2 is 2.00 bits per heavy atom. The van der Waals surface area contributed by atoms with Gasteiger partial charge in [0, 0.05) is 5.25 Å². The molecule has 1 nitrogen and oxygen atoms in total. The third kappa shape index (κ3) is 4.47. The van der Waals surface area contributed by atoms with Crippen LogP contribution >= 0.6 is 11.8 Å². The molecule has 0 aliphatic heterocycles. The monoisotopic (exact) mass is 225 g/mol. The Labute approximate surface area is 98.6 Å². The SMILES string of the molecule is CCCC(C)C(C#N)SC1CCCCC1. The Hall–Kier alpha value is -0.160. The van der Waals surface area contributed by atoms with E-state index in [1.165, 1.54) is 44.9 Å². The summed E-state index contributed by atoms with van der Waals surface area (Å²) < 4.78 is 0. The minimum atomic E-state index is 0.230. The van der Waals surface area contributed by atoms with Crippen molar-refractivity contribution in [1.29, 1.82) is 5.26 Å². The zero-order valence-corrected chi connectivity index (χ0v) is 10.9. The van der Waals surface area contributed by atoms with Crippen molar-refractivity contribution in [2.75, 3.05) is 0 Å². The Kier molecular flexibility index (Phi) is 6.17. The van der Waals surface area contributed by atoms with Gasteiger partial charge in [-0.25, -0.2) is 0 Å². The molecule has 0 bridgehead atoms. The quantitative estimate of drug-likeness (QED) is 0.693. The molecular formula is C13H23NS. The van der Waals surface area contributed by atoms with Crippen LogP contribution in [0, 0.1) is 17.2 Å². The molecule has 0 saturated heterocycles. The Morgan fingerprint density at radius 3 is 2.53 bits per heavy atom. The summed E-state index contributed by atoms with van der Waals surface area (Å²) in [6, 6.07) is 2.50. The summed E-state index contributed by atoms with van der Waals surface area (Å²) in [5.41, 5.74) is 0. The fraction of sp³-hybridized carbons (Fsp3) is 0.923. The van der Waals surface area contributed by atoms with Gasteiger partial charge in [-0.05, 0) is 25.2 Å². The second-order valence-corrected chi connectivity index (χ2v) is 6.16. The standard InChI is InChI=1S/C13H23NS/c1-3-7-11(2)13(10-14)15-12-8-5-4-6-9-12/h11-13H,3-9H2,1-2H3. The van der Waals surface area contributed by atoms with Gasteiger partial charge in [-0.3, -0.25) is 0 Å². The minimum Gasteiger partial charge on any atom is -0.197 e. The van der Waals surface area contributed by atoms with Crippen molar-refractivity contribution in [3.05, 3.63) is 0 Å². The van der Waals surface area contributed by atoms with E-state index < -0.39 is 0 Å². The first-order chi connectivity index (χ1) is 7.27. The normalized spacial score (nSPS) is 21.9. The number of thioether (sulfide) groups is 1. The van der Waals surface area contributed by atoms with E-state index in [1.807, 2.05) is 11.8 Å². The number of hydrogen-bond acceptors (Lipinski definition) is 2. The number of nitrogens with zero attached hydrogens (tertiary/aromatic N) is 1. The Morgan fingerprint density at radius 1 is 1.33 bits per heavy atom. The predicted molar refractivity (Wildman–Crippen MR) is 67.9 cm³/mol. The van der Waals surface area contributed by atoms with E-state index >= 15 is 0 Å². The molecule has 0 radical (unpaired) electrons. The van der Waals surface area contributed by atoms with E-state index in [1.54, 1.807) is 0 Å². The van der Waals surface area contributed by atoms with Crippen LogP contribution in [-0.4, -0.2) is 10.5 Å². The number of hydrogen-bond donors (Lipinski definition) is 0. The van der Waals surface area contributed by atoms with Gasteiger partial charge in [0.2, 0.25) is 0 Å². The highest BCUT2D eigenvalue weighted by Gasteiger charge is 2.22. The summed E-state index contributed by atoms with van der Waals surface area (Å²) in [7, 11) is 0. The van der Waals surface area contributed by atoms with Crippen LogP contribution in [-0.2, 0) is 0 Å². The largest absolute Gasteiger partial charge is 0.197 e. The Bertz CT molecular complexity index is 203. The lowest BCUT2D eigenvalue weighted by Gasteiger charge is -2.25. The molecule has 0 aromatic carbocycles. The fourth-order valence-electron chi connectivity index (χ4n) is 2.31. The average molecular weight is 225 g/mol. The summed E-state index contributed by atoms with van der Waals surface area (Å²) in [5, 5.41) is 10.2. The summed E-state index contributed by atoms with van der Waals surface area (Å²) in [4.78, 5) is 0. The van der Waals surface area contributed by atoms with Crippen molar-refractivity contribution in [2.45, 2.75) is 69.3 Å². The molecule has 0 heterocycles. The van der Waals surface area contributed by atoms with Crippen molar-refractivity contribution < 1.29 is 0 Å². The van der Waals surface area contributed by atoms with Gasteiger partial charge in [-0.15, -0.1) is 11.8 Å². The molecule has 1 fully saturated rings. The van der Waals surface area contributed by atoms with Gasteiger partial charge in [0.05, 0.1) is 11.3 Å². The maximum Gasteiger partial charge on any atom is 0.0944 e. The molecule has 1 aliphatic rings.